The first-order chi connectivity index (χ1) is 9.35. The summed E-state index contributed by atoms with van der Waals surface area (Å²) in [5, 5.41) is 3.32. The third kappa shape index (κ3) is 2.15. The Kier molecular flexibility index (Phi) is 3.54. The van der Waals surface area contributed by atoms with Crippen LogP contribution in [0.25, 0.3) is 0 Å². The van der Waals surface area contributed by atoms with E-state index in [2.05, 4.69) is 23.2 Å². The van der Waals surface area contributed by atoms with Gasteiger partial charge in [-0.2, -0.15) is 0 Å². The number of anilines is 2. The Morgan fingerprint density at radius 2 is 2.05 bits per heavy atom. The predicted octanol–water partition coefficient (Wildman–Crippen LogP) is 3.22. The van der Waals surface area contributed by atoms with Gasteiger partial charge in [0.1, 0.15) is 5.75 Å². The fraction of sp³-hybridized carbons (Fsp3) is 0.625. The van der Waals surface area contributed by atoms with Gasteiger partial charge in [-0.3, -0.25) is 0 Å². The highest BCUT2D eigenvalue weighted by Gasteiger charge is 2.28. The van der Waals surface area contributed by atoms with Crippen molar-refractivity contribution >= 4 is 11.4 Å². The lowest BCUT2D eigenvalue weighted by Gasteiger charge is -2.38. The van der Waals surface area contributed by atoms with E-state index in [1.165, 1.54) is 54.9 Å². The zero-order chi connectivity index (χ0) is 13.2. The third-order valence-electron chi connectivity index (χ3n) is 4.19. The second-order valence-electron chi connectivity index (χ2n) is 5.53. The first kappa shape index (κ1) is 12.6. The van der Waals surface area contributed by atoms with Crippen LogP contribution in [0.15, 0.2) is 6.07 Å². The monoisotopic (exact) mass is 260 g/mol. The minimum absolute atomic E-state index is 0.806. The first-order valence-electron chi connectivity index (χ1n) is 7.59. The van der Waals surface area contributed by atoms with Gasteiger partial charge >= 0.3 is 0 Å². The molecular weight excluding hydrogens is 236 g/mol. The minimum Gasteiger partial charge on any atom is -0.491 e. The average Bonchev–Trinajstić information content (AvgIpc) is 2.46. The maximum Gasteiger partial charge on any atom is 0.147 e. The summed E-state index contributed by atoms with van der Waals surface area (Å²) in [4.78, 5) is 2.57. The summed E-state index contributed by atoms with van der Waals surface area (Å²) in [6, 6.07) is 2.31. The minimum atomic E-state index is 0.806. The molecule has 1 aromatic rings. The molecule has 0 aliphatic carbocycles. The smallest absolute Gasteiger partial charge is 0.147 e. The lowest BCUT2D eigenvalue weighted by molar-refractivity contribution is 0.314. The zero-order valence-corrected chi connectivity index (χ0v) is 12.1. The van der Waals surface area contributed by atoms with Crippen molar-refractivity contribution in [1.82, 2.24) is 0 Å². The van der Waals surface area contributed by atoms with Crippen LogP contribution in [0.2, 0.25) is 0 Å². The molecule has 104 valence electrons. The van der Waals surface area contributed by atoms with E-state index < -0.39 is 0 Å². The standard InChI is InChI=1S/C16H24N2O/c1-3-10-19-16-13-7-5-9-18-8-4-6-12(15(13)18)11-14(16)17-2/h11,17H,3-10H2,1-2H3. The van der Waals surface area contributed by atoms with Crippen molar-refractivity contribution < 1.29 is 4.74 Å². The summed E-state index contributed by atoms with van der Waals surface area (Å²) in [5.41, 5.74) is 5.61. The van der Waals surface area contributed by atoms with E-state index in [0.29, 0.717) is 0 Å². The average molecular weight is 260 g/mol. The van der Waals surface area contributed by atoms with Crippen LogP contribution in [0.4, 0.5) is 11.4 Å². The molecule has 3 rings (SSSR count). The van der Waals surface area contributed by atoms with Gasteiger partial charge in [-0.1, -0.05) is 6.92 Å². The molecule has 0 aromatic heterocycles. The molecule has 2 aliphatic rings. The molecule has 19 heavy (non-hydrogen) atoms. The Morgan fingerprint density at radius 1 is 1.26 bits per heavy atom. The molecule has 0 spiro atoms. The predicted molar refractivity (Wildman–Crippen MR) is 80.6 cm³/mol. The highest BCUT2D eigenvalue weighted by Crippen LogP contribution is 2.44. The van der Waals surface area contributed by atoms with Crippen molar-refractivity contribution in [3.05, 3.63) is 17.2 Å². The number of rotatable bonds is 4. The molecule has 0 amide bonds. The second-order valence-corrected chi connectivity index (χ2v) is 5.53. The molecule has 3 heteroatoms. The highest BCUT2D eigenvalue weighted by molar-refractivity contribution is 5.75. The van der Waals surface area contributed by atoms with E-state index in [-0.39, 0.29) is 0 Å². The van der Waals surface area contributed by atoms with Gasteiger partial charge in [0, 0.05) is 31.4 Å². The van der Waals surface area contributed by atoms with Crippen LogP contribution in [0.3, 0.4) is 0 Å². The van der Waals surface area contributed by atoms with E-state index in [1.807, 2.05) is 7.05 Å². The topological polar surface area (TPSA) is 24.5 Å². The quantitative estimate of drug-likeness (QED) is 0.899. The van der Waals surface area contributed by atoms with Gasteiger partial charge in [0.05, 0.1) is 12.3 Å². The van der Waals surface area contributed by atoms with E-state index >= 15 is 0 Å². The molecule has 0 bridgehead atoms. The summed E-state index contributed by atoms with van der Waals surface area (Å²) in [6.07, 6.45) is 5.96. The maximum absolute atomic E-state index is 6.06. The molecule has 1 N–H and O–H groups in total. The van der Waals surface area contributed by atoms with Crippen LogP contribution < -0.4 is 15.0 Å². The van der Waals surface area contributed by atoms with Gasteiger partial charge < -0.3 is 15.0 Å². The molecule has 3 nitrogen and oxygen atoms in total. The number of nitrogens with one attached hydrogen (secondary N) is 1. The van der Waals surface area contributed by atoms with Gasteiger partial charge in [0.2, 0.25) is 0 Å². The molecular formula is C16H24N2O. The van der Waals surface area contributed by atoms with E-state index in [4.69, 9.17) is 4.74 Å². The van der Waals surface area contributed by atoms with Crippen molar-refractivity contribution in [1.29, 1.82) is 0 Å². The van der Waals surface area contributed by atoms with Gasteiger partial charge in [-0.25, -0.2) is 0 Å². The van der Waals surface area contributed by atoms with Crippen LogP contribution in [-0.4, -0.2) is 26.7 Å². The van der Waals surface area contributed by atoms with Gasteiger partial charge in [-0.05, 0) is 43.7 Å². The molecule has 2 heterocycles. The lowest BCUT2D eigenvalue weighted by atomic mass is 9.90. The van der Waals surface area contributed by atoms with Crippen LogP contribution in [0.5, 0.6) is 5.75 Å². The number of aryl methyl sites for hydroxylation is 1. The van der Waals surface area contributed by atoms with Crippen molar-refractivity contribution in [3.8, 4) is 5.75 Å². The summed E-state index contributed by atoms with van der Waals surface area (Å²) in [7, 11) is 2.00. The van der Waals surface area contributed by atoms with Gasteiger partial charge in [0.25, 0.3) is 0 Å². The summed E-state index contributed by atoms with van der Waals surface area (Å²) in [5.74, 6) is 1.11. The number of nitrogens with zero attached hydrogens (tertiary/aromatic N) is 1. The largest absolute Gasteiger partial charge is 0.491 e. The molecule has 0 saturated heterocycles. The Labute approximate surface area is 115 Å². The Morgan fingerprint density at radius 3 is 2.79 bits per heavy atom. The van der Waals surface area contributed by atoms with Crippen LogP contribution in [0.1, 0.15) is 37.3 Å². The fourth-order valence-electron chi connectivity index (χ4n) is 3.39. The molecule has 0 atom stereocenters. The summed E-state index contributed by atoms with van der Waals surface area (Å²) in [6.45, 7) is 5.40. The van der Waals surface area contributed by atoms with Crippen molar-refractivity contribution in [2.45, 2.75) is 39.0 Å². The Hall–Kier alpha value is -1.38. The lowest BCUT2D eigenvalue weighted by Crippen LogP contribution is -2.34. The highest BCUT2D eigenvalue weighted by atomic mass is 16.5. The number of ether oxygens (including phenoxy) is 1. The van der Waals surface area contributed by atoms with Gasteiger partial charge in [0.15, 0.2) is 0 Å². The summed E-state index contributed by atoms with van der Waals surface area (Å²) >= 11 is 0. The third-order valence-corrected chi connectivity index (χ3v) is 4.19. The van der Waals surface area contributed by atoms with Crippen LogP contribution in [-0.2, 0) is 12.8 Å². The SMILES string of the molecule is CCCOc1c(NC)cc2c3c1CCCN3CCC2. The second kappa shape index (κ2) is 5.32. The molecule has 0 unspecified atom stereocenters. The van der Waals surface area contributed by atoms with E-state index in [1.54, 1.807) is 0 Å². The van der Waals surface area contributed by atoms with E-state index in [0.717, 1.165) is 25.2 Å². The Bertz CT molecular complexity index is 468. The molecule has 2 aliphatic heterocycles. The molecule has 1 aromatic carbocycles. The van der Waals surface area contributed by atoms with E-state index in [9.17, 15) is 0 Å². The molecule has 0 radical (unpaired) electrons. The normalized spacial score (nSPS) is 17.1. The summed E-state index contributed by atoms with van der Waals surface area (Å²) < 4.78 is 6.06. The number of hydrogen-bond acceptors (Lipinski definition) is 3. The number of benzene rings is 1. The molecule has 0 fully saturated rings. The first-order valence-corrected chi connectivity index (χ1v) is 7.59. The Balaban J connectivity index is 2.10. The van der Waals surface area contributed by atoms with Crippen molar-refractivity contribution in [3.63, 3.8) is 0 Å². The van der Waals surface area contributed by atoms with Crippen LogP contribution >= 0.6 is 0 Å². The molecule has 0 saturated carbocycles. The fourth-order valence-corrected chi connectivity index (χ4v) is 3.39. The number of hydrogen-bond donors (Lipinski definition) is 1. The van der Waals surface area contributed by atoms with Crippen molar-refractivity contribution in [2.75, 3.05) is 37.0 Å². The van der Waals surface area contributed by atoms with Crippen molar-refractivity contribution in [2.24, 2.45) is 0 Å². The van der Waals surface area contributed by atoms with Crippen LogP contribution in [0, 0.1) is 0 Å². The van der Waals surface area contributed by atoms with Gasteiger partial charge in [-0.15, -0.1) is 0 Å². The maximum atomic E-state index is 6.06. The zero-order valence-electron chi connectivity index (χ0n) is 12.1.